The van der Waals surface area contributed by atoms with Crippen molar-refractivity contribution in [2.75, 3.05) is 11.9 Å². The van der Waals surface area contributed by atoms with Crippen LogP contribution in [0, 0.1) is 0 Å². The van der Waals surface area contributed by atoms with E-state index in [0.717, 1.165) is 12.1 Å². The molecule has 5 nitrogen and oxygen atoms in total. The van der Waals surface area contributed by atoms with Crippen LogP contribution in [-0.4, -0.2) is 25.3 Å². The summed E-state index contributed by atoms with van der Waals surface area (Å²) in [4.78, 5) is 11.7. The normalized spacial score (nSPS) is 11.6. The van der Waals surface area contributed by atoms with Crippen molar-refractivity contribution in [3.63, 3.8) is 0 Å². The number of hydrogen-bond acceptors (Lipinski definition) is 4. The van der Waals surface area contributed by atoms with Gasteiger partial charge in [-0.1, -0.05) is 6.07 Å². The summed E-state index contributed by atoms with van der Waals surface area (Å²) in [6.07, 6.45) is -3.20. The number of halogens is 5. The van der Waals surface area contributed by atoms with Crippen LogP contribution in [0.2, 0.25) is 0 Å². The Morgan fingerprint density at radius 2 is 1.85 bits per heavy atom. The molecule has 0 saturated heterocycles. The summed E-state index contributed by atoms with van der Waals surface area (Å²) in [5.74, 6) is -0.599. The van der Waals surface area contributed by atoms with Crippen LogP contribution in [0.3, 0.4) is 0 Å². The molecule has 2 rings (SSSR count). The van der Waals surface area contributed by atoms with Gasteiger partial charge in [0.15, 0.2) is 0 Å². The van der Waals surface area contributed by atoms with E-state index in [-0.39, 0.29) is 18.0 Å². The van der Waals surface area contributed by atoms with Gasteiger partial charge in [-0.15, -0.1) is 0 Å². The van der Waals surface area contributed by atoms with E-state index in [1.165, 1.54) is 42.6 Å². The van der Waals surface area contributed by atoms with Crippen molar-refractivity contribution < 1.29 is 31.5 Å². The second kappa shape index (κ2) is 8.97. The van der Waals surface area contributed by atoms with Crippen molar-refractivity contribution in [3.05, 3.63) is 59.7 Å². The maximum absolute atomic E-state index is 12.6. The summed E-state index contributed by atoms with van der Waals surface area (Å²) in [5, 5.41) is 6.23. The Balaban J connectivity index is 1.81. The third-order valence-electron chi connectivity index (χ3n) is 3.15. The molecule has 0 radical (unpaired) electrons. The van der Waals surface area contributed by atoms with E-state index < -0.39 is 24.3 Å². The van der Waals surface area contributed by atoms with Gasteiger partial charge in [0.1, 0.15) is 5.75 Å². The highest BCUT2D eigenvalue weighted by Gasteiger charge is 2.30. The number of hydrogen-bond donors (Lipinski definition) is 2. The molecule has 0 aromatic heterocycles. The van der Waals surface area contributed by atoms with Crippen LogP contribution in [-0.2, 0) is 11.0 Å². The largest absolute Gasteiger partial charge is 0.435 e. The molecule has 0 spiro atoms. The SMILES string of the molecule is O=C(CNc1cccc(C(F)(F)F)c1)NN=Cc1ccc(OC(F)F)cc1. The highest BCUT2D eigenvalue weighted by molar-refractivity contribution is 5.84. The van der Waals surface area contributed by atoms with E-state index in [2.05, 4.69) is 20.6 Å². The summed E-state index contributed by atoms with van der Waals surface area (Å²) in [7, 11) is 0. The van der Waals surface area contributed by atoms with E-state index in [4.69, 9.17) is 0 Å². The fraction of sp³-hybridized carbons (Fsp3) is 0.176. The Bertz CT molecular complexity index is 792. The molecule has 144 valence electrons. The lowest BCUT2D eigenvalue weighted by Gasteiger charge is -2.10. The second-order valence-electron chi connectivity index (χ2n) is 5.17. The lowest BCUT2D eigenvalue weighted by atomic mass is 10.2. The van der Waals surface area contributed by atoms with Crippen molar-refractivity contribution in [1.82, 2.24) is 5.43 Å². The highest BCUT2D eigenvalue weighted by Crippen LogP contribution is 2.30. The number of benzene rings is 2. The van der Waals surface area contributed by atoms with Gasteiger partial charge in [-0.25, -0.2) is 5.43 Å². The molecule has 1 amide bonds. The minimum absolute atomic E-state index is 0.0172. The first kappa shape index (κ1) is 20.1. The standard InChI is InChI=1S/C17H14F5N3O2/c18-16(19)27-14-6-4-11(5-7-14)9-24-25-15(26)10-23-13-3-1-2-12(8-13)17(20,21)22/h1-9,16,23H,10H2,(H,25,26). The quantitative estimate of drug-likeness (QED) is 0.431. The zero-order valence-corrected chi connectivity index (χ0v) is 13.6. The van der Waals surface area contributed by atoms with Crippen molar-refractivity contribution >= 4 is 17.8 Å². The molecule has 0 saturated carbocycles. The Labute approximate surface area is 150 Å². The molecule has 0 atom stereocenters. The van der Waals surface area contributed by atoms with Gasteiger partial charge in [0.05, 0.1) is 18.3 Å². The second-order valence-corrected chi connectivity index (χ2v) is 5.17. The van der Waals surface area contributed by atoms with E-state index in [0.29, 0.717) is 5.56 Å². The molecular formula is C17H14F5N3O2. The van der Waals surface area contributed by atoms with Crippen LogP contribution in [0.15, 0.2) is 53.6 Å². The summed E-state index contributed by atoms with van der Waals surface area (Å²) in [6.45, 7) is -3.21. The first-order valence-electron chi connectivity index (χ1n) is 7.52. The van der Waals surface area contributed by atoms with Gasteiger partial charge < -0.3 is 10.1 Å². The molecule has 2 aromatic rings. The average Bonchev–Trinajstić information content (AvgIpc) is 2.60. The van der Waals surface area contributed by atoms with E-state index in [1.54, 1.807) is 0 Å². The first-order valence-corrected chi connectivity index (χ1v) is 7.52. The molecule has 0 unspecified atom stereocenters. The molecule has 2 aromatic carbocycles. The molecule has 0 fully saturated rings. The van der Waals surface area contributed by atoms with Crippen molar-refractivity contribution in [2.24, 2.45) is 5.10 Å². The molecule has 0 heterocycles. The maximum Gasteiger partial charge on any atom is 0.416 e. The third-order valence-corrected chi connectivity index (χ3v) is 3.15. The van der Waals surface area contributed by atoms with Gasteiger partial charge in [-0.05, 0) is 48.0 Å². The Morgan fingerprint density at radius 3 is 2.48 bits per heavy atom. The molecule has 0 aliphatic carbocycles. The van der Waals surface area contributed by atoms with Gasteiger partial charge >= 0.3 is 12.8 Å². The van der Waals surface area contributed by atoms with Gasteiger partial charge in [-0.2, -0.15) is 27.1 Å². The number of nitrogens with one attached hydrogen (secondary N) is 2. The fourth-order valence-corrected chi connectivity index (χ4v) is 1.94. The van der Waals surface area contributed by atoms with Crippen molar-refractivity contribution in [1.29, 1.82) is 0 Å². The van der Waals surface area contributed by atoms with Gasteiger partial charge in [0, 0.05) is 5.69 Å². The van der Waals surface area contributed by atoms with Crippen LogP contribution in [0.4, 0.5) is 27.6 Å². The van der Waals surface area contributed by atoms with E-state index in [9.17, 15) is 26.7 Å². The summed E-state index contributed by atoms with van der Waals surface area (Å²) in [5.41, 5.74) is 2.01. The molecule has 0 aliphatic rings. The predicted octanol–water partition coefficient (Wildman–Crippen LogP) is 3.87. The smallest absolute Gasteiger partial charge is 0.416 e. The zero-order valence-electron chi connectivity index (χ0n) is 13.6. The fourth-order valence-electron chi connectivity index (χ4n) is 1.94. The predicted molar refractivity (Wildman–Crippen MR) is 88.7 cm³/mol. The van der Waals surface area contributed by atoms with Gasteiger partial charge in [0.25, 0.3) is 5.91 Å². The zero-order chi connectivity index (χ0) is 19.9. The van der Waals surface area contributed by atoms with Crippen molar-refractivity contribution in [3.8, 4) is 5.75 Å². The molecule has 0 bridgehead atoms. The number of carbonyl (C=O) groups excluding carboxylic acids is 1. The number of nitrogens with zero attached hydrogens (tertiary/aromatic N) is 1. The molecule has 27 heavy (non-hydrogen) atoms. The maximum atomic E-state index is 12.6. The number of anilines is 1. The number of carbonyl (C=O) groups is 1. The molecule has 10 heteroatoms. The van der Waals surface area contributed by atoms with Crippen LogP contribution in [0.1, 0.15) is 11.1 Å². The number of hydrazone groups is 1. The lowest BCUT2D eigenvalue weighted by molar-refractivity contribution is -0.137. The minimum Gasteiger partial charge on any atom is -0.435 e. The topological polar surface area (TPSA) is 62.7 Å². The van der Waals surface area contributed by atoms with E-state index >= 15 is 0 Å². The van der Waals surface area contributed by atoms with Gasteiger partial charge in [0.2, 0.25) is 0 Å². The first-order chi connectivity index (χ1) is 12.7. The monoisotopic (exact) mass is 387 g/mol. The Kier molecular flexibility index (Phi) is 6.69. The van der Waals surface area contributed by atoms with Crippen LogP contribution < -0.4 is 15.5 Å². The molecule has 0 aliphatic heterocycles. The number of alkyl halides is 5. The Hall–Kier alpha value is -3.17. The van der Waals surface area contributed by atoms with Crippen LogP contribution in [0.5, 0.6) is 5.75 Å². The highest BCUT2D eigenvalue weighted by atomic mass is 19.4. The van der Waals surface area contributed by atoms with E-state index in [1.807, 2.05) is 0 Å². The number of ether oxygens (including phenoxy) is 1. The molecular weight excluding hydrogens is 373 g/mol. The number of amides is 1. The summed E-state index contributed by atoms with van der Waals surface area (Å²) in [6, 6.07) is 9.96. The summed E-state index contributed by atoms with van der Waals surface area (Å²) >= 11 is 0. The van der Waals surface area contributed by atoms with Crippen LogP contribution in [0.25, 0.3) is 0 Å². The number of rotatable bonds is 7. The third kappa shape index (κ3) is 6.92. The van der Waals surface area contributed by atoms with Crippen molar-refractivity contribution in [2.45, 2.75) is 12.8 Å². The Morgan fingerprint density at radius 1 is 1.15 bits per heavy atom. The lowest BCUT2D eigenvalue weighted by Crippen LogP contribution is -2.26. The molecule has 2 N–H and O–H groups in total. The summed E-state index contributed by atoms with van der Waals surface area (Å²) < 4.78 is 66.1. The average molecular weight is 387 g/mol. The van der Waals surface area contributed by atoms with Crippen LogP contribution >= 0.6 is 0 Å². The van der Waals surface area contributed by atoms with Gasteiger partial charge in [-0.3, -0.25) is 4.79 Å². The minimum atomic E-state index is -4.47.